The molecule has 1 aromatic carbocycles. The van der Waals surface area contributed by atoms with Gasteiger partial charge >= 0.3 is 5.97 Å². The average molecular weight is 333 g/mol. The SMILES string of the molecule is O=C(O)c1cc(-c2ccco2)n(-c2cccc(Br)c2)n1. The summed E-state index contributed by atoms with van der Waals surface area (Å²) in [6.07, 6.45) is 1.54. The second kappa shape index (κ2) is 4.97. The van der Waals surface area contributed by atoms with E-state index in [1.807, 2.05) is 24.3 Å². The second-order valence-electron chi connectivity index (χ2n) is 4.09. The van der Waals surface area contributed by atoms with E-state index in [0.29, 0.717) is 11.5 Å². The number of carbonyl (C=O) groups is 1. The molecule has 0 bridgehead atoms. The molecule has 2 heterocycles. The molecule has 0 aliphatic carbocycles. The molecule has 0 aliphatic rings. The van der Waals surface area contributed by atoms with Gasteiger partial charge in [0.15, 0.2) is 11.5 Å². The van der Waals surface area contributed by atoms with E-state index in [9.17, 15) is 4.79 Å². The number of nitrogens with zero attached hydrogens (tertiary/aromatic N) is 2. The standard InChI is InChI=1S/C14H9BrN2O3/c15-9-3-1-4-10(7-9)17-12(13-5-2-6-20-13)8-11(16-17)14(18)19/h1-8H,(H,18,19). The Kier molecular flexibility index (Phi) is 3.15. The Morgan fingerprint density at radius 3 is 2.75 bits per heavy atom. The van der Waals surface area contributed by atoms with Gasteiger partial charge in [0.2, 0.25) is 0 Å². The third kappa shape index (κ3) is 2.25. The van der Waals surface area contributed by atoms with Crippen molar-refractivity contribution in [2.75, 3.05) is 0 Å². The van der Waals surface area contributed by atoms with Gasteiger partial charge in [0.25, 0.3) is 0 Å². The van der Waals surface area contributed by atoms with Gasteiger partial charge in [-0.25, -0.2) is 9.48 Å². The molecule has 0 saturated heterocycles. The first-order valence-electron chi connectivity index (χ1n) is 5.78. The molecule has 0 amide bonds. The van der Waals surface area contributed by atoms with Crippen LogP contribution in [0.5, 0.6) is 0 Å². The number of aromatic nitrogens is 2. The van der Waals surface area contributed by atoms with Gasteiger partial charge in [-0.1, -0.05) is 22.0 Å². The fourth-order valence-corrected chi connectivity index (χ4v) is 2.28. The number of carboxylic acid groups (broad SMARTS) is 1. The van der Waals surface area contributed by atoms with E-state index in [4.69, 9.17) is 9.52 Å². The number of rotatable bonds is 3. The third-order valence-corrected chi connectivity index (χ3v) is 3.25. The van der Waals surface area contributed by atoms with Crippen LogP contribution >= 0.6 is 15.9 Å². The molecule has 0 saturated carbocycles. The number of benzene rings is 1. The van der Waals surface area contributed by atoms with Gasteiger partial charge in [-0.3, -0.25) is 0 Å². The van der Waals surface area contributed by atoms with Crippen LogP contribution in [-0.2, 0) is 0 Å². The van der Waals surface area contributed by atoms with Gasteiger partial charge in [-0.15, -0.1) is 0 Å². The molecule has 3 aromatic rings. The maximum atomic E-state index is 11.1. The summed E-state index contributed by atoms with van der Waals surface area (Å²) in [7, 11) is 0. The van der Waals surface area contributed by atoms with Crippen molar-refractivity contribution in [2.45, 2.75) is 0 Å². The Labute approximate surface area is 122 Å². The Morgan fingerprint density at radius 1 is 1.25 bits per heavy atom. The van der Waals surface area contributed by atoms with Crippen LogP contribution in [0.4, 0.5) is 0 Å². The lowest BCUT2D eigenvalue weighted by Gasteiger charge is -2.05. The summed E-state index contributed by atoms with van der Waals surface area (Å²) in [6, 6.07) is 12.4. The first-order valence-corrected chi connectivity index (χ1v) is 6.57. The first kappa shape index (κ1) is 12.7. The monoisotopic (exact) mass is 332 g/mol. The Morgan fingerprint density at radius 2 is 2.10 bits per heavy atom. The lowest BCUT2D eigenvalue weighted by molar-refractivity contribution is 0.0690. The second-order valence-corrected chi connectivity index (χ2v) is 5.00. The Bertz CT molecular complexity index is 763. The highest BCUT2D eigenvalue weighted by molar-refractivity contribution is 9.10. The molecule has 0 spiro atoms. The van der Waals surface area contributed by atoms with Crippen LogP contribution in [0.3, 0.4) is 0 Å². The van der Waals surface area contributed by atoms with Gasteiger partial charge in [0.05, 0.1) is 12.0 Å². The average Bonchev–Trinajstić information content (AvgIpc) is 3.07. The number of carboxylic acids is 1. The predicted molar refractivity (Wildman–Crippen MR) is 75.9 cm³/mol. The molecule has 0 fully saturated rings. The molecule has 0 aliphatic heterocycles. The molecule has 100 valence electrons. The van der Waals surface area contributed by atoms with Gasteiger partial charge in [0.1, 0.15) is 5.69 Å². The van der Waals surface area contributed by atoms with E-state index < -0.39 is 5.97 Å². The summed E-state index contributed by atoms with van der Waals surface area (Å²) in [5.41, 5.74) is 1.31. The smallest absolute Gasteiger partial charge is 0.356 e. The molecule has 20 heavy (non-hydrogen) atoms. The molecule has 6 heteroatoms. The van der Waals surface area contributed by atoms with E-state index in [1.54, 1.807) is 16.8 Å². The molecule has 5 nitrogen and oxygen atoms in total. The van der Waals surface area contributed by atoms with Crippen molar-refractivity contribution in [2.24, 2.45) is 0 Å². The van der Waals surface area contributed by atoms with Crippen LogP contribution < -0.4 is 0 Å². The molecular weight excluding hydrogens is 324 g/mol. The molecule has 0 unspecified atom stereocenters. The van der Waals surface area contributed by atoms with Crippen molar-refractivity contribution in [3.05, 3.63) is 58.9 Å². The number of aromatic carboxylic acids is 1. The first-order chi connectivity index (χ1) is 9.65. The van der Waals surface area contributed by atoms with Crippen molar-refractivity contribution in [1.82, 2.24) is 9.78 Å². The zero-order valence-electron chi connectivity index (χ0n) is 10.2. The molecular formula is C14H9BrN2O3. The summed E-state index contributed by atoms with van der Waals surface area (Å²) >= 11 is 3.39. The Hall–Kier alpha value is -2.34. The summed E-state index contributed by atoms with van der Waals surface area (Å²) in [5, 5.41) is 13.2. The van der Waals surface area contributed by atoms with Crippen molar-refractivity contribution >= 4 is 21.9 Å². The number of hydrogen-bond acceptors (Lipinski definition) is 3. The summed E-state index contributed by atoms with van der Waals surface area (Å²) in [6.45, 7) is 0. The number of halogens is 1. The maximum absolute atomic E-state index is 11.1. The van der Waals surface area contributed by atoms with Crippen LogP contribution in [-0.4, -0.2) is 20.9 Å². The molecule has 2 aromatic heterocycles. The lowest BCUT2D eigenvalue weighted by atomic mass is 10.2. The molecule has 0 atom stereocenters. The normalized spacial score (nSPS) is 10.7. The molecule has 1 N–H and O–H groups in total. The minimum absolute atomic E-state index is 0.0311. The van der Waals surface area contributed by atoms with Crippen molar-refractivity contribution < 1.29 is 14.3 Å². The summed E-state index contributed by atoms with van der Waals surface area (Å²) in [4.78, 5) is 11.1. The van der Waals surface area contributed by atoms with E-state index in [2.05, 4.69) is 21.0 Å². The fraction of sp³-hybridized carbons (Fsp3) is 0. The molecule has 3 rings (SSSR count). The predicted octanol–water partition coefficient (Wildman–Crippen LogP) is 3.59. The quantitative estimate of drug-likeness (QED) is 0.795. The lowest BCUT2D eigenvalue weighted by Crippen LogP contribution is -2.02. The summed E-state index contributed by atoms with van der Waals surface area (Å²) < 4.78 is 7.77. The third-order valence-electron chi connectivity index (χ3n) is 2.75. The minimum atomic E-state index is -1.08. The van der Waals surface area contributed by atoms with Crippen molar-refractivity contribution in [3.63, 3.8) is 0 Å². The van der Waals surface area contributed by atoms with Crippen LogP contribution in [0.15, 0.2) is 57.6 Å². The van der Waals surface area contributed by atoms with E-state index in [-0.39, 0.29) is 5.69 Å². The van der Waals surface area contributed by atoms with E-state index in [1.165, 1.54) is 12.3 Å². The zero-order chi connectivity index (χ0) is 14.1. The van der Waals surface area contributed by atoms with Gasteiger partial charge in [-0.2, -0.15) is 5.10 Å². The fourth-order valence-electron chi connectivity index (χ4n) is 1.89. The minimum Gasteiger partial charge on any atom is -0.476 e. The van der Waals surface area contributed by atoms with Crippen LogP contribution in [0.2, 0.25) is 0 Å². The van der Waals surface area contributed by atoms with Crippen molar-refractivity contribution in [3.8, 4) is 17.1 Å². The highest BCUT2D eigenvalue weighted by atomic mass is 79.9. The number of hydrogen-bond donors (Lipinski definition) is 1. The summed E-state index contributed by atoms with van der Waals surface area (Å²) in [5.74, 6) is -0.517. The highest BCUT2D eigenvalue weighted by Crippen LogP contribution is 2.25. The van der Waals surface area contributed by atoms with Crippen LogP contribution in [0, 0.1) is 0 Å². The van der Waals surface area contributed by atoms with E-state index >= 15 is 0 Å². The van der Waals surface area contributed by atoms with Gasteiger partial charge < -0.3 is 9.52 Å². The van der Waals surface area contributed by atoms with Crippen LogP contribution in [0.1, 0.15) is 10.5 Å². The topological polar surface area (TPSA) is 68.3 Å². The maximum Gasteiger partial charge on any atom is 0.356 e. The molecule has 0 radical (unpaired) electrons. The van der Waals surface area contributed by atoms with Gasteiger partial charge in [-0.05, 0) is 30.3 Å². The van der Waals surface area contributed by atoms with Crippen molar-refractivity contribution in [1.29, 1.82) is 0 Å². The van der Waals surface area contributed by atoms with E-state index in [0.717, 1.165) is 10.2 Å². The number of furan rings is 1. The van der Waals surface area contributed by atoms with Gasteiger partial charge in [0, 0.05) is 10.5 Å². The zero-order valence-corrected chi connectivity index (χ0v) is 11.7. The largest absolute Gasteiger partial charge is 0.476 e. The highest BCUT2D eigenvalue weighted by Gasteiger charge is 2.17. The van der Waals surface area contributed by atoms with Crippen LogP contribution in [0.25, 0.3) is 17.1 Å². The Balaban J connectivity index is 2.21.